The molecule has 0 bridgehead atoms. The van der Waals surface area contributed by atoms with E-state index in [0.717, 1.165) is 39.7 Å². The van der Waals surface area contributed by atoms with Crippen molar-refractivity contribution in [3.63, 3.8) is 0 Å². The van der Waals surface area contributed by atoms with Crippen LogP contribution < -0.4 is 19.1 Å². The van der Waals surface area contributed by atoms with Gasteiger partial charge in [-0.2, -0.15) is 0 Å². The van der Waals surface area contributed by atoms with Gasteiger partial charge in [-0.15, -0.1) is 0 Å². The summed E-state index contributed by atoms with van der Waals surface area (Å²) in [4.78, 5) is 7.23. The molecule has 35 heavy (non-hydrogen) atoms. The molecule has 0 saturated carbocycles. The average molecular weight is 496 g/mol. The molecule has 3 rings (SSSR count). The molecular weight excluding hydrogens is 458 g/mol. The van der Waals surface area contributed by atoms with E-state index in [9.17, 15) is 4.21 Å². The summed E-state index contributed by atoms with van der Waals surface area (Å²) in [5.74, 6) is 2.53. The van der Waals surface area contributed by atoms with Crippen molar-refractivity contribution in [2.75, 3.05) is 19.1 Å². The minimum absolute atomic E-state index is 0.146. The molecule has 0 saturated heterocycles. The summed E-state index contributed by atoms with van der Waals surface area (Å²) in [6.45, 7) is 11.3. The zero-order chi connectivity index (χ0) is 25.6. The fourth-order valence-electron chi connectivity index (χ4n) is 3.65. The van der Waals surface area contributed by atoms with Gasteiger partial charge in [0.1, 0.15) is 17.3 Å². The summed E-state index contributed by atoms with van der Waals surface area (Å²) in [6.07, 6.45) is 0. The second kappa shape index (κ2) is 11.7. The zero-order valence-electron chi connectivity index (χ0n) is 21.8. The first-order valence-electron chi connectivity index (χ1n) is 11.8. The molecule has 6 nitrogen and oxygen atoms in total. The van der Waals surface area contributed by atoms with Crippen LogP contribution in [0.4, 0.5) is 5.82 Å². The number of rotatable bonds is 10. The van der Waals surface area contributed by atoms with E-state index >= 15 is 0 Å². The molecule has 1 heterocycles. The smallest absolute Gasteiger partial charge is 0.134 e. The van der Waals surface area contributed by atoms with Crippen LogP contribution in [0.5, 0.6) is 11.5 Å². The fourth-order valence-corrected chi connectivity index (χ4v) is 4.46. The van der Waals surface area contributed by atoms with Gasteiger partial charge in [0.15, 0.2) is 0 Å². The number of nitrogens with one attached hydrogen (secondary N) is 1. The zero-order valence-corrected chi connectivity index (χ0v) is 22.6. The van der Waals surface area contributed by atoms with Crippen molar-refractivity contribution in [2.45, 2.75) is 58.5 Å². The van der Waals surface area contributed by atoms with Gasteiger partial charge >= 0.3 is 0 Å². The Morgan fingerprint density at radius 3 is 1.80 bits per heavy atom. The molecule has 1 aromatic heterocycles. The predicted octanol–water partition coefficient (Wildman–Crippen LogP) is 5.73. The van der Waals surface area contributed by atoms with E-state index in [1.165, 1.54) is 0 Å². The van der Waals surface area contributed by atoms with Gasteiger partial charge in [0.25, 0.3) is 0 Å². The SMILES string of the molecule is COc1ccc(CN(Cc2ccc(OC)cc2)c2nc(C)ccc2[C@@H](C)N[S@](=O)C(C)(C)C)cc1. The first-order chi connectivity index (χ1) is 16.6. The topological polar surface area (TPSA) is 63.7 Å². The molecule has 188 valence electrons. The number of nitrogens with zero attached hydrogens (tertiary/aromatic N) is 2. The molecule has 0 fully saturated rings. The van der Waals surface area contributed by atoms with Gasteiger partial charge in [-0.1, -0.05) is 30.3 Å². The lowest BCUT2D eigenvalue weighted by Gasteiger charge is -2.29. The third-order valence-electron chi connectivity index (χ3n) is 5.72. The molecule has 0 unspecified atom stereocenters. The van der Waals surface area contributed by atoms with Crippen LogP contribution in [0.25, 0.3) is 0 Å². The van der Waals surface area contributed by atoms with Crippen LogP contribution in [0.3, 0.4) is 0 Å². The lowest BCUT2D eigenvalue weighted by atomic mass is 10.1. The Balaban J connectivity index is 2.00. The van der Waals surface area contributed by atoms with Crippen LogP contribution >= 0.6 is 0 Å². The monoisotopic (exact) mass is 495 g/mol. The highest BCUT2D eigenvalue weighted by molar-refractivity contribution is 7.84. The first kappa shape index (κ1) is 26.7. The van der Waals surface area contributed by atoms with Crippen molar-refractivity contribution >= 4 is 16.8 Å². The Hall–Kier alpha value is -2.90. The van der Waals surface area contributed by atoms with E-state index in [-0.39, 0.29) is 10.8 Å². The Labute approximate surface area is 212 Å². The molecule has 3 aromatic rings. The number of hydrogen-bond acceptors (Lipinski definition) is 5. The van der Waals surface area contributed by atoms with Gasteiger partial charge in [-0.05, 0) is 76.1 Å². The van der Waals surface area contributed by atoms with Gasteiger partial charge in [0, 0.05) is 30.4 Å². The summed E-state index contributed by atoms with van der Waals surface area (Å²) in [7, 11) is 2.14. The van der Waals surface area contributed by atoms with E-state index in [0.29, 0.717) is 13.1 Å². The number of aromatic nitrogens is 1. The van der Waals surface area contributed by atoms with Crippen LogP contribution in [-0.2, 0) is 24.1 Å². The maximum absolute atomic E-state index is 12.8. The highest BCUT2D eigenvalue weighted by Gasteiger charge is 2.25. The summed E-state index contributed by atoms with van der Waals surface area (Å²) < 4.78 is 26.4. The average Bonchev–Trinajstić information content (AvgIpc) is 2.83. The predicted molar refractivity (Wildman–Crippen MR) is 144 cm³/mol. The normalized spacial score (nSPS) is 13.2. The molecule has 0 radical (unpaired) electrons. The van der Waals surface area contributed by atoms with Crippen molar-refractivity contribution in [3.8, 4) is 11.5 Å². The third-order valence-corrected chi connectivity index (χ3v) is 7.40. The Bertz CT molecular complexity index is 1080. The van der Waals surface area contributed by atoms with Gasteiger partial charge in [0.05, 0.1) is 30.0 Å². The Kier molecular flexibility index (Phi) is 8.92. The van der Waals surface area contributed by atoms with Crippen LogP contribution in [0.2, 0.25) is 0 Å². The Morgan fingerprint density at radius 2 is 1.37 bits per heavy atom. The number of ether oxygens (including phenoxy) is 2. The largest absolute Gasteiger partial charge is 0.497 e. The second-order valence-electron chi connectivity index (χ2n) is 9.64. The minimum Gasteiger partial charge on any atom is -0.497 e. The highest BCUT2D eigenvalue weighted by atomic mass is 32.2. The molecule has 0 amide bonds. The summed E-state index contributed by atoms with van der Waals surface area (Å²) in [5, 5.41) is 0. The number of benzene rings is 2. The van der Waals surface area contributed by atoms with E-state index in [4.69, 9.17) is 14.5 Å². The van der Waals surface area contributed by atoms with E-state index in [1.54, 1.807) is 14.2 Å². The van der Waals surface area contributed by atoms with Crippen molar-refractivity contribution < 1.29 is 13.7 Å². The summed E-state index contributed by atoms with van der Waals surface area (Å²) in [6, 6.07) is 20.1. The molecule has 0 spiro atoms. The quantitative estimate of drug-likeness (QED) is 0.389. The number of anilines is 1. The summed E-state index contributed by atoms with van der Waals surface area (Å²) >= 11 is 0. The van der Waals surface area contributed by atoms with Gasteiger partial charge < -0.3 is 14.4 Å². The van der Waals surface area contributed by atoms with E-state index in [1.807, 2.05) is 65.0 Å². The maximum atomic E-state index is 12.8. The highest BCUT2D eigenvalue weighted by Crippen LogP contribution is 2.29. The van der Waals surface area contributed by atoms with Gasteiger partial charge in [-0.3, -0.25) is 0 Å². The Morgan fingerprint density at radius 1 is 0.886 bits per heavy atom. The van der Waals surface area contributed by atoms with Gasteiger partial charge in [-0.25, -0.2) is 13.9 Å². The number of pyridine rings is 1. The van der Waals surface area contributed by atoms with Crippen molar-refractivity contribution in [2.24, 2.45) is 0 Å². The number of aryl methyl sites for hydroxylation is 1. The van der Waals surface area contributed by atoms with Crippen LogP contribution in [0, 0.1) is 6.92 Å². The van der Waals surface area contributed by atoms with Crippen LogP contribution in [0.1, 0.15) is 56.1 Å². The first-order valence-corrected chi connectivity index (χ1v) is 12.9. The number of methoxy groups -OCH3 is 2. The molecular formula is C28H37N3O3S. The van der Waals surface area contributed by atoms with E-state index < -0.39 is 11.0 Å². The van der Waals surface area contributed by atoms with E-state index in [2.05, 4.69) is 40.0 Å². The van der Waals surface area contributed by atoms with Crippen LogP contribution in [-0.4, -0.2) is 28.2 Å². The van der Waals surface area contributed by atoms with Crippen molar-refractivity contribution in [1.82, 2.24) is 9.71 Å². The van der Waals surface area contributed by atoms with Crippen molar-refractivity contribution in [1.29, 1.82) is 0 Å². The summed E-state index contributed by atoms with van der Waals surface area (Å²) in [5.41, 5.74) is 4.23. The van der Waals surface area contributed by atoms with Crippen molar-refractivity contribution in [3.05, 3.63) is 83.0 Å². The van der Waals surface area contributed by atoms with Gasteiger partial charge in [0.2, 0.25) is 0 Å². The lowest BCUT2D eigenvalue weighted by Crippen LogP contribution is -2.35. The fraction of sp³-hybridized carbons (Fsp3) is 0.393. The standard InChI is InChI=1S/C28H37N3O3S/c1-20-8-17-26(21(2)30-35(32)28(3,4)5)27(29-20)31(18-22-9-13-24(33-6)14-10-22)19-23-11-15-25(34-7)16-12-23/h8-17,21,30H,18-19H2,1-7H3/t21-,35-/m1/s1. The second-order valence-corrected chi connectivity index (χ2v) is 11.6. The molecule has 2 aromatic carbocycles. The third kappa shape index (κ3) is 7.29. The molecule has 1 N–H and O–H groups in total. The molecule has 2 atom stereocenters. The molecule has 7 heteroatoms. The molecule has 0 aliphatic heterocycles. The molecule has 0 aliphatic rings. The lowest BCUT2D eigenvalue weighted by molar-refractivity contribution is 0.414. The van der Waals surface area contributed by atoms with Crippen LogP contribution in [0.15, 0.2) is 60.7 Å². The minimum atomic E-state index is -1.20. The molecule has 0 aliphatic carbocycles. The maximum Gasteiger partial charge on any atom is 0.134 e. The number of hydrogen-bond donors (Lipinski definition) is 1.